The van der Waals surface area contributed by atoms with Crippen molar-refractivity contribution in [1.29, 1.82) is 0 Å². The van der Waals surface area contributed by atoms with Crippen LogP contribution in [-0.4, -0.2) is 0 Å². The number of ether oxygens (including phenoxy) is 1. The van der Waals surface area contributed by atoms with Crippen molar-refractivity contribution in [3.63, 3.8) is 0 Å². The molecule has 0 aliphatic carbocycles. The quantitative estimate of drug-likeness (QED) is 0.514. The zero-order valence-corrected chi connectivity index (χ0v) is 13.0. The first-order chi connectivity index (χ1) is 9.76. The highest BCUT2D eigenvalue weighted by atomic mass is 79.9. The Morgan fingerprint density at radius 3 is 2.45 bits per heavy atom. The molecule has 0 saturated heterocycles. The average Bonchev–Trinajstić information content (AvgIpc) is 2.49. The summed E-state index contributed by atoms with van der Waals surface area (Å²) < 4.78 is 5.87. The number of alkyl halides is 1. The SMILES string of the molecule is Clc1cc(CBr)ccc1Oc1ccc2ccccc2c1. The van der Waals surface area contributed by atoms with E-state index in [0.717, 1.165) is 22.0 Å². The van der Waals surface area contributed by atoms with Gasteiger partial charge in [-0.15, -0.1) is 0 Å². The zero-order valence-electron chi connectivity index (χ0n) is 10.6. The largest absolute Gasteiger partial charge is 0.456 e. The van der Waals surface area contributed by atoms with E-state index >= 15 is 0 Å². The molecule has 0 N–H and O–H groups in total. The molecule has 100 valence electrons. The van der Waals surface area contributed by atoms with Crippen LogP contribution in [-0.2, 0) is 5.33 Å². The van der Waals surface area contributed by atoms with E-state index < -0.39 is 0 Å². The Labute approximate surface area is 131 Å². The summed E-state index contributed by atoms with van der Waals surface area (Å²) in [5, 5.41) is 3.75. The molecule has 0 heterocycles. The van der Waals surface area contributed by atoms with Crippen molar-refractivity contribution in [1.82, 2.24) is 0 Å². The standard InChI is InChI=1S/C17H12BrClO/c18-11-12-5-8-17(16(19)9-12)20-15-7-6-13-3-1-2-4-14(13)10-15/h1-10H,11H2. The smallest absolute Gasteiger partial charge is 0.146 e. The summed E-state index contributed by atoms with van der Waals surface area (Å²) in [7, 11) is 0. The van der Waals surface area contributed by atoms with Crippen LogP contribution in [0.5, 0.6) is 11.5 Å². The fourth-order valence-electron chi connectivity index (χ4n) is 2.07. The average molecular weight is 348 g/mol. The molecule has 0 aliphatic rings. The molecule has 1 nitrogen and oxygen atoms in total. The second-order valence-electron chi connectivity index (χ2n) is 4.51. The van der Waals surface area contributed by atoms with Crippen LogP contribution < -0.4 is 4.74 Å². The molecule has 3 aromatic rings. The van der Waals surface area contributed by atoms with Gasteiger partial charge in [-0.25, -0.2) is 0 Å². The first-order valence-corrected chi connectivity index (χ1v) is 7.77. The Balaban J connectivity index is 1.92. The Morgan fingerprint density at radius 1 is 0.900 bits per heavy atom. The number of rotatable bonds is 3. The normalized spacial score (nSPS) is 10.7. The van der Waals surface area contributed by atoms with Gasteiger partial charge in [0, 0.05) is 5.33 Å². The van der Waals surface area contributed by atoms with E-state index in [4.69, 9.17) is 16.3 Å². The third-order valence-corrected chi connectivity index (χ3v) is 4.04. The Bertz CT molecular complexity index is 755. The van der Waals surface area contributed by atoms with Gasteiger partial charge in [0.2, 0.25) is 0 Å². The van der Waals surface area contributed by atoms with Crippen molar-refractivity contribution in [2.75, 3.05) is 0 Å². The number of fused-ring (bicyclic) bond motifs is 1. The minimum Gasteiger partial charge on any atom is -0.456 e. The maximum absolute atomic E-state index is 6.23. The minimum atomic E-state index is 0.620. The molecule has 0 atom stereocenters. The minimum absolute atomic E-state index is 0.620. The molecule has 3 heteroatoms. The molecule has 0 spiro atoms. The van der Waals surface area contributed by atoms with Crippen LogP contribution in [0.25, 0.3) is 10.8 Å². The van der Waals surface area contributed by atoms with Gasteiger partial charge in [0.1, 0.15) is 11.5 Å². The summed E-state index contributed by atoms with van der Waals surface area (Å²) in [6, 6.07) is 20.0. The lowest BCUT2D eigenvalue weighted by atomic mass is 10.1. The summed E-state index contributed by atoms with van der Waals surface area (Å²) in [5.74, 6) is 1.46. The molecule has 3 aromatic carbocycles. The van der Waals surface area contributed by atoms with Gasteiger partial charge >= 0.3 is 0 Å². The van der Waals surface area contributed by atoms with Crippen LogP contribution in [0.4, 0.5) is 0 Å². The molecule has 0 aromatic heterocycles. The molecule has 0 fully saturated rings. The predicted molar refractivity (Wildman–Crippen MR) is 88.1 cm³/mol. The molecule has 0 aliphatic heterocycles. The van der Waals surface area contributed by atoms with Crippen molar-refractivity contribution in [3.05, 3.63) is 71.2 Å². The number of benzene rings is 3. The Kier molecular flexibility index (Phi) is 3.95. The summed E-state index contributed by atoms with van der Waals surface area (Å²) in [6.07, 6.45) is 0. The molecule has 0 unspecified atom stereocenters. The highest BCUT2D eigenvalue weighted by Crippen LogP contribution is 2.32. The van der Waals surface area contributed by atoms with Crippen LogP contribution >= 0.6 is 27.5 Å². The molecule has 3 rings (SSSR count). The summed E-state index contributed by atoms with van der Waals surface area (Å²) in [5.41, 5.74) is 1.13. The van der Waals surface area contributed by atoms with Crippen molar-refractivity contribution >= 4 is 38.3 Å². The van der Waals surface area contributed by atoms with Crippen molar-refractivity contribution in [3.8, 4) is 11.5 Å². The lowest BCUT2D eigenvalue weighted by Crippen LogP contribution is -1.87. The number of hydrogen-bond donors (Lipinski definition) is 0. The maximum atomic E-state index is 6.23. The van der Waals surface area contributed by atoms with Crippen LogP contribution in [0, 0.1) is 0 Å². The van der Waals surface area contributed by atoms with Gasteiger partial charge in [-0.2, -0.15) is 0 Å². The van der Waals surface area contributed by atoms with E-state index in [2.05, 4.69) is 28.1 Å². The lowest BCUT2D eigenvalue weighted by molar-refractivity contribution is 0.483. The third kappa shape index (κ3) is 2.82. The van der Waals surface area contributed by atoms with E-state index in [1.54, 1.807) is 0 Å². The molecule has 0 saturated carbocycles. The lowest BCUT2D eigenvalue weighted by Gasteiger charge is -2.09. The van der Waals surface area contributed by atoms with Crippen molar-refractivity contribution in [2.45, 2.75) is 5.33 Å². The van der Waals surface area contributed by atoms with Gasteiger partial charge in [0.05, 0.1) is 5.02 Å². The van der Waals surface area contributed by atoms with E-state index in [1.807, 2.05) is 48.5 Å². The van der Waals surface area contributed by atoms with Gasteiger partial charge in [0.15, 0.2) is 0 Å². The molecular weight excluding hydrogens is 336 g/mol. The van der Waals surface area contributed by atoms with Crippen molar-refractivity contribution < 1.29 is 4.74 Å². The summed E-state index contributed by atoms with van der Waals surface area (Å²) in [6.45, 7) is 0. The second-order valence-corrected chi connectivity index (χ2v) is 5.48. The van der Waals surface area contributed by atoms with E-state index in [0.29, 0.717) is 10.8 Å². The third-order valence-electron chi connectivity index (χ3n) is 3.10. The van der Waals surface area contributed by atoms with E-state index in [1.165, 1.54) is 5.39 Å². The first-order valence-electron chi connectivity index (χ1n) is 6.27. The van der Waals surface area contributed by atoms with Gasteiger partial charge in [-0.1, -0.05) is 63.9 Å². The second kappa shape index (κ2) is 5.86. The number of hydrogen-bond acceptors (Lipinski definition) is 1. The Morgan fingerprint density at radius 2 is 1.70 bits per heavy atom. The summed E-state index contributed by atoms with van der Waals surface area (Å²) in [4.78, 5) is 0. The number of halogens is 2. The fraction of sp³-hybridized carbons (Fsp3) is 0.0588. The first kappa shape index (κ1) is 13.5. The Hall–Kier alpha value is -1.51. The molecule has 0 amide bonds. The maximum Gasteiger partial charge on any atom is 0.146 e. The topological polar surface area (TPSA) is 9.23 Å². The molecular formula is C17H12BrClO. The molecule has 0 bridgehead atoms. The molecule has 0 radical (unpaired) electrons. The van der Waals surface area contributed by atoms with Gasteiger partial charge < -0.3 is 4.74 Å². The predicted octanol–water partition coefficient (Wildman–Crippen LogP) is 6.18. The monoisotopic (exact) mass is 346 g/mol. The fourth-order valence-corrected chi connectivity index (χ4v) is 2.66. The van der Waals surface area contributed by atoms with E-state index in [9.17, 15) is 0 Å². The van der Waals surface area contributed by atoms with Crippen LogP contribution in [0.3, 0.4) is 0 Å². The van der Waals surface area contributed by atoms with Gasteiger partial charge in [-0.3, -0.25) is 0 Å². The van der Waals surface area contributed by atoms with Gasteiger partial charge in [0.25, 0.3) is 0 Å². The summed E-state index contributed by atoms with van der Waals surface area (Å²) >= 11 is 9.64. The van der Waals surface area contributed by atoms with Crippen LogP contribution in [0.2, 0.25) is 5.02 Å². The zero-order chi connectivity index (χ0) is 13.9. The van der Waals surface area contributed by atoms with E-state index in [-0.39, 0.29) is 0 Å². The van der Waals surface area contributed by atoms with Crippen LogP contribution in [0.15, 0.2) is 60.7 Å². The van der Waals surface area contributed by atoms with Crippen LogP contribution in [0.1, 0.15) is 5.56 Å². The van der Waals surface area contributed by atoms with Crippen molar-refractivity contribution in [2.24, 2.45) is 0 Å². The molecule has 20 heavy (non-hydrogen) atoms. The van der Waals surface area contributed by atoms with Gasteiger partial charge in [-0.05, 0) is 40.6 Å². The highest BCUT2D eigenvalue weighted by molar-refractivity contribution is 9.08. The highest BCUT2D eigenvalue weighted by Gasteiger charge is 2.05.